The Morgan fingerprint density at radius 3 is 2.56 bits per heavy atom. The summed E-state index contributed by atoms with van der Waals surface area (Å²) in [6.45, 7) is 4.16. The second-order valence-electron chi connectivity index (χ2n) is 4.53. The molecule has 0 radical (unpaired) electrons. The van der Waals surface area contributed by atoms with Gasteiger partial charge in [-0.05, 0) is 33.0 Å². The Morgan fingerprint density at radius 1 is 1.44 bits per heavy atom. The van der Waals surface area contributed by atoms with Crippen molar-refractivity contribution in [2.75, 3.05) is 13.7 Å². The minimum atomic E-state index is -0.397. The lowest BCUT2D eigenvalue weighted by Crippen LogP contribution is -2.43. The highest BCUT2D eigenvalue weighted by Crippen LogP contribution is 2.23. The zero-order chi connectivity index (χ0) is 12.3. The molecule has 0 bridgehead atoms. The number of aliphatic hydroxyl groups is 1. The number of halogens is 2. The summed E-state index contributed by atoms with van der Waals surface area (Å²) in [7, 11) is 1.83. The quantitative estimate of drug-likeness (QED) is 0.882. The molecule has 0 aliphatic heterocycles. The molecule has 0 saturated carbocycles. The monoisotopic (exact) mass is 245 g/mol. The number of nitrogens with zero attached hydrogens (tertiary/aromatic N) is 1. The fourth-order valence-corrected chi connectivity index (χ4v) is 1.48. The molecular formula is C12H17ClFNO. The van der Waals surface area contributed by atoms with Crippen molar-refractivity contribution in [3.05, 3.63) is 34.6 Å². The molecule has 0 unspecified atom stereocenters. The highest BCUT2D eigenvalue weighted by molar-refractivity contribution is 6.31. The van der Waals surface area contributed by atoms with E-state index in [2.05, 4.69) is 0 Å². The van der Waals surface area contributed by atoms with Crippen molar-refractivity contribution in [1.29, 1.82) is 0 Å². The van der Waals surface area contributed by atoms with Crippen LogP contribution < -0.4 is 0 Å². The first kappa shape index (κ1) is 13.4. The van der Waals surface area contributed by atoms with E-state index in [1.54, 1.807) is 12.1 Å². The van der Waals surface area contributed by atoms with Crippen LogP contribution in [0.1, 0.15) is 19.4 Å². The van der Waals surface area contributed by atoms with Gasteiger partial charge in [0.15, 0.2) is 0 Å². The smallest absolute Gasteiger partial charge is 0.129 e. The molecule has 0 atom stereocenters. The van der Waals surface area contributed by atoms with Crippen LogP contribution >= 0.6 is 11.6 Å². The number of rotatable bonds is 4. The van der Waals surface area contributed by atoms with Crippen LogP contribution in [0, 0.1) is 5.82 Å². The number of aliphatic hydroxyl groups excluding tert-OH is 1. The molecule has 0 saturated heterocycles. The van der Waals surface area contributed by atoms with Gasteiger partial charge in [0.2, 0.25) is 0 Å². The van der Waals surface area contributed by atoms with Gasteiger partial charge in [-0.3, -0.25) is 4.90 Å². The molecule has 0 aliphatic rings. The van der Waals surface area contributed by atoms with E-state index >= 15 is 0 Å². The maximum absolute atomic E-state index is 13.5. The van der Waals surface area contributed by atoms with E-state index in [4.69, 9.17) is 11.6 Å². The van der Waals surface area contributed by atoms with E-state index in [1.807, 2.05) is 25.8 Å². The molecule has 0 amide bonds. The first-order valence-electron chi connectivity index (χ1n) is 5.13. The van der Waals surface area contributed by atoms with E-state index in [0.29, 0.717) is 17.1 Å². The molecule has 1 aromatic rings. The van der Waals surface area contributed by atoms with Crippen LogP contribution in [0.4, 0.5) is 4.39 Å². The summed E-state index contributed by atoms with van der Waals surface area (Å²) < 4.78 is 13.5. The molecule has 2 nitrogen and oxygen atoms in total. The van der Waals surface area contributed by atoms with Crippen molar-refractivity contribution in [3.8, 4) is 0 Å². The van der Waals surface area contributed by atoms with Gasteiger partial charge >= 0.3 is 0 Å². The minimum Gasteiger partial charge on any atom is -0.394 e. The van der Waals surface area contributed by atoms with Crippen LogP contribution in [0.25, 0.3) is 0 Å². The number of hydrogen-bond acceptors (Lipinski definition) is 2. The van der Waals surface area contributed by atoms with E-state index in [-0.39, 0.29) is 12.4 Å². The van der Waals surface area contributed by atoms with Gasteiger partial charge in [-0.25, -0.2) is 4.39 Å². The molecule has 4 heteroatoms. The zero-order valence-electron chi connectivity index (χ0n) is 9.80. The molecule has 0 aromatic heterocycles. The summed E-state index contributed by atoms with van der Waals surface area (Å²) in [4.78, 5) is 1.87. The maximum Gasteiger partial charge on any atom is 0.129 e. The third-order valence-corrected chi connectivity index (χ3v) is 3.23. The second-order valence-corrected chi connectivity index (χ2v) is 4.93. The Kier molecular flexibility index (Phi) is 4.30. The molecule has 1 N–H and O–H groups in total. The van der Waals surface area contributed by atoms with Crippen molar-refractivity contribution >= 4 is 11.6 Å². The summed E-state index contributed by atoms with van der Waals surface area (Å²) in [6.07, 6.45) is 0. The van der Waals surface area contributed by atoms with Gasteiger partial charge in [0.25, 0.3) is 0 Å². The first-order valence-corrected chi connectivity index (χ1v) is 5.51. The highest BCUT2D eigenvalue weighted by atomic mass is 35.5. The Balaban J connectivity index is 2.89. The van der Waals surface area contributed by atoms with Crippen molar-refractivity contribution in [1.82, 2.24) is 4.90 Å². The normalized spacial score (nSPS) is 12.2. The summed E-state index contributed by atoms with van der Waals surface area (Å²) in [5, 5.41) is 9.63. The third kappa shape index (κ3) is 2.94. The molecule has 0 aliphatic carbocycles. The van der Waals surface area contributed by atoms with E-state index in [9.17, 15) is 9.50 Å². The molecule has 90 valence electrons. The fraction of sp³-hybridized carbons (Fsp3) is 0.500. The summed E-state index contributed by atoms with van der Waals surface area (Å²) in [5.74, 6) is -0.312. The molecule has 1 aromatic carbocycles. The lowest BCUT2D eigenvalue weighted by atomic mass is 10.0. The largest absolute Gasteiger partial charge is 0.394 e. The highest BCUT2D eigenvalue weighted by Gasteiger charge is 2.23. The molecular weight excluding hydrogens is 229 g/mol. The van der Waals surface area contributed by atoms with Crippen LogP contribution in [0.2, 0.25) is 5.02 Å². The van der Waals surface area contributed by atoms with Gasteiger partial charge in [0, 0.05) is 22.7 Å². The number of hydrogen-bond donors (Lipinski definition) is 1. The number of likely N-dealkylation sites (N-methyl/N-ethyl adjacent to an activating group) is 1. The van der Waals surface area contributed by atoms with Crippen LogP contribution in [0.15, 0.2) is 18.2 Å². The Hall–Kier alpha value is -0.640. The van der Waals surface area contributed by atoms with Gasteiger partial charge < -0.3 is 5.11 Å². The topological polar surface area (TPSA) is 23.5 Å². The lowest BCUT2D eigenvalue weighted by Gasteiger charge is -2.34. The van der Waals surface area contributed by atoms with Gasteiger partial charge in [-0.1, -0.05) is 17.7 Å². The third-order valence-electron chi connectivity index (χ3n) is 2.88. The molecule has 16 heavy (non-hydrogen) atoms. The average Bonchev–Trinajstić information content (AvgIpc) is 2.23. The maximum atomic E-state index is 13.5. The minimum absolute atomic E-state index is 0.00950. The van der Waals surface area contributed by atoms with Crippen LogP contribution in [0.3, 0.4) is 0 Å². The summed E-state index contributed by atoms with van der Waals surface area (Å²) >= 11 is 5.94. The van der Waals surface area contributed by atoms with E-state index in [1.165, 1.54) is 6.07 Å². The standard InChI is InChI=1S/C12H17ClFNO/c1-12(2,8-16)15(3)7-9-10(13)5-4-6-11(9)14/h4-6,16H,7-8H2,1-3H3. The summed E-state index contributed by atoms with van der Waals surface area (Å²) in [6, 6.07) is 4.64. The molecule has 0 heterocycles. The van der Waals surface area contributed by atoms with Gasteiger partial charge in [-0.15, -0.1) is 0 Å². The van der Waals surface area contributed by atoms with Crippen molar-refractivity contribution in [2.24, 2.45) is 0 Å². The molecule has 0 fully saturated rings. The van der Waals surface area contributed by atoms with Gasteiger partial charge in [0.05, 0.1) is 6.61 Å². The van der Waals surface area contributed by atoms with E-state index < -0.39 is 5.54 Å². The van der Waals surface area contributed by atoms with Crippen molar-refractivity contribution in [3.63, 3.8) is 0 Å². The SMILES string of the molecule is CN(Cc1c(F)cccc1Cl)C(C)(C)CO. The molecule has 1 rings (SSSR count). The number of benzene rings is 1. The Morgan fingerprint density at radius 2 is 2.06 bits per heavy atom. The Bertz CT molecular complexity index is 348. The predicted octanol–water partition coefficient (Wildman–Crippen LogP) is 2.68. The van der Waals surface area contributed by atoms with Gasteiger partial charge in [0.1, 0.15) is 5.82 Å². The average molecular weight is 246 g/mol. The van der Waals surface area contributed by atoms with Crippen LogP contribution in [-0.4, -0.2) is 29.2 Å². The Labute approximate surface area is 101 Å². The van der Waals surface area contributed by atoms with Crippen LogP contribution in [0.5, 0.6) is 0 Å². The van der Waals surface area contributed by atoms with Crippen LogP contribution in [-0.2, 0) is 6.54 Å². The predicted molar refractivity (Wildman–Crippen MR) is 64.0 cm³/mol. The second kappa shape index (κ2) is 5.13. The lowest BCUT2D eigenvalue weighted by molar-refractivity contribution is 0.0726. The van der Waals surface area contributed by atoms with Gasteiger partial charge in [-0.2, -0.15) is 0 Å². The fourth-order valence-electron chi connectivity index (χ4n) is 1.26. The van der Waals surface area contributed by atoms with E-state index in [0.717, 1.165) is 0 Å². The first-order chi connectivity index (χ1) is 7.38. The van der Waals surface area contributed by atoms with Crippen molar-refractivity contribution in [2.45, 2.75) is 25.9 Å². The summed E-state index contributed by atoms with van der Waals surface area (Å²) in [5.41, 5.74) is 0.0687. The van der Waals surface area contributed by atoms with Crippen molar-refractivity contribution < 1.29 is 9.50 Å². The zero-order valence-corrected chi connectivity index (χ0v) is 10.6. The molecule has 0 spiro atoms.